The maximum absolute atomic E-state index is 12.2. The summed E-state index contributed by atoms with van der Waals surface area (Å²) < 4.78 is 5.42. The Kier molecular flexibility index (Phi) is 6.20. The van der Waals surface area contributed by atoms with Gasteiger partial charge >= 0.3 is 0 Å². The number of hydrogen-bond acceptors (Lipinski definition) is 6. The number of hydrogen-bond donors (Lipinski definition) is 4. The molecular formula is C15H20ClNO6. The molecule has 7 nitrogen and oxygen atoms in total. The van der Waals surface area contributed by atoms with E-state index < -0.39 is 31.0 Å². The fourth-order valence-corrected chi connectivity index (χ4v) is 2.63. The fraction of sp³-hybridized carbons (Fsp3) is 0.533. The number of benzene rings is 1. The first-order valence-electron chi connectivity index (χ1n) is 7.27. The lowest BCUT2D eigenvalue weighted by Crippen LogP contribution is -2.63. The summed E-state index contributed by atoms with van der Waals surface area (Å²) in [4.78, 5) is 13.4. The van der Waals surface area contributed by atoms with E-state index in [0.717, 1.165) is 0 Å². The van der Waals surface area contributed by atoms with Gasteiger partial charge in [0.15, 0.2) is 0 Å². The largest absolute Gasteiger partial charge is 0.493 e. The minimum absolute atomic E-state index is 0.00859. The Hall–Kier alpha value is -1.38. The molecule has 1 saturated heterocycles. The van der Waals surface area contributed by atoms with Crippen LogP contribution in [0.1, 0.15) is 6.42 Å². The summed E-state index contributed by atoms with van der Waals surface area (Å²) in [7, 11) is 0. The van der Waals surface area contributed by atoms with Gasteiger partial charge in [0.05, 0.1) is 25.7 Å². The van der Waals surface area contributed by atoms with Crippen molar-refractivity contribution in [1.29, 1.82) is 0 Å². The first-order valence-corrected chi connectivity index (χ1v) is 7.64. The Labute approximate surface area is 138 Å². The van der Waals surface area contributed by atoms with E-state index in [0.29, 0.717) is 10.8 Å². The zero-order valence-electron chi connectivity index (χ0n) is 12.4. The van der Waals surface area contributed by atoms with Gasteiger partial charge in [-0.2, -0.15) is 0 Å². The summed E-state index contributed by atoms with van der Waals surface area (Å²) in [5.41, 5.74) is 0. The van der Waals surface area contributed by atoms with Crippen molar-refractivity contribution in [3.63, 3.8) is 0 Å². The number of likely N-dealkylation sites (tertiary alicyclic amines) is 1. The molecule has 0 saturated carbocycles. The highest BCUT2D eigenvalue weighted by Gasteiger charge is 2.42. The first-order chi connectivity index (χ1) is 10.9. The first kappa shape index (κ1) is 18.0. The monoisotopic (exact) mass is 345 g/mol. The molecule has 1 aromatic carbocycles. The molecule has 8 heteroatoms. The number of ether oxygens (including phenoxy) is 1. The fourth-order valence-electron chi connectivity index (χ4n) is 2.51. The third-order valence-corrected chi connectivity index (χ3v) is 4.08. The molecule has 23 heavy (non-hydrogen) atoms. The molecule has 1 heterocycles. The molecular weight excluding hydrogens is 326 g/mol. The van der Waals surface area contributed by atoms with E-state index in [4.69, 9.17) is 16.3 Å². The summed E-state index contributed by atoms with van der Waals surface area (Å²) in [6.07, 6.45) is -4.03. The smallest absolute Gasteiger partial charge is 0.226 e. The van der Waals surface area contributed by atoms with E-state index in [2.05, 4.69) is 0 Å². The van der Waals surface area contributed by atoms with E-state index in [9.17, 15) is 25.2 Å². The van der Waals surface area contributed by atoms with E-state index in [1.165, 1.54) is 4.90 Å². The number of β-amino-alcohol motifs (C(OH)–C–C–N with tert-alkyl or cyclic N) is 1. The van der Waals surface area contributed by atoms with Crippen LogP contribution in [-0.4, -0.2) is 75.3 Å². The standard InChI is InChI=1S/C15H20ClNO6/c16-9-1-3-10(4-2-9)23-6-5-13(20)17-7-12(19)15(22)14(21)11(17)8-18/h1-4,11-12,14-15,18-19,21-22H,5-8H2/t11?,12-,14+,15+/m0/s1. The van der Waals surface area contributed by atoms with E-state index in [-0.39, 0.29) is 25.5 Å². The van der Waals surface area contributed by atoms with E-state index in [1.807, 2.05) is 0 Å². The highest BCUT2D eigenvalue weighted by molar-refractivity contribution is 6.30. The van der Waals surface area contributed by atoms with Crippen LogP contribution in [-0.2, 0) is 4.79 Å². The van der Waals surface area contributed by atoms with Crippen molar-refractivity contribution >= 4 is 17.5 Å². The molecule has 0 radical (unpaired) electrons. The third kappa shape index (κ3) is 4.33. The van der Waals surface area contributed by atoms with Crippen LogP contribution < -0.4 is 4.74 Å². The Balaban J connectivity index is 1.89. The third-order valence-electron chi connectivity index (χ3n) is 3.83. The minimum Gasteiger partial charge on any atom is -0.493 e. The van der Waals surface area contributed by atoms with Gasteiger partial charge in [-0.15, -0.1) is 0 Å². The highest BCUT2D eigenvalue weighted by Crippen LogP contribution is 2.20. The number of aliphatic hydroxyl groups is 4. The number of halogens is 1. The average Bonchev–Trinajstić information content (AvgIpc) is 2.54. The second-order valence-electron chi connectivity index (χ2n) is 5.40. The molecule has 1 aliphatic heterocycles. The lowest BCUT2D eigenvalue weighted by molar-refractivity contribution is -0.166. The summed E-state index contributed by atoms with van der Waals surface area (Å²) in [6, 6.07) is 5.73. The predicted molar refractivity (Wildman–Crippen MR) is 82.2 cm³/mol. The zero-order chi connectivity index (χ0) is 17.0. The molecule has 1 amide bonds. The zero-order valence-corrected chi connectivity index (χ0v) is 13.1. The molecule has 1 fully saturated rings. The van der Waals surface area contributed by atoms with Crippen molar-refractivity contribution in [3.8, 4) is 5.75 Å². The van der Waals surface area contributed by atoms with Crippen LogP contribution in [0.15, 0.2) is 24.3 Å². The molecule has 0 spiro atoms. The molecule has 0 aromatic heterocycles. The number of rotatable bonds is 5. The SMILES string of the molecule is O=C(CCOc1ccc(Cl)cc1)N1C[C@H](O)[C@@H](O)[C@H](O)C1CO. The second-order valence-corrected chi connectivity index (χ2v) is 5.83. The van der Waals surface area contributed by atoms with Crippen LogP contribution in [0.3, 0.4) is 0 Å². The number of nitrogens with zero attached hydrogens (tertiary/aromatic N) is 1. The number of amides is 1. The van der Waals surface area contributed by atoms with Crippen LogP contribution >= 0.6 is 11.6 Å². The lowest BCUT2D eigenvalue weighted by atomic mass is 9.94. The molecule has 1 aliphatic rings. The van der Waals surface area contributed by atoms with Crippen molar-refractivity contribution < 1.29 is 30.0 Å². The van der Waals surface area contributed by atoms with Crippen molar-refractivity contribution in [2.24, 2.45) is 0 Å². The van der Waals surface area contributed by atoms with Crippen molar-refractivity contribution in [3.05, 3.63) is 29.3 Å². The molecule has 4 N–H and O–H groups in total. The van der Waals surface area contributed by atoms with Gasteiger partial charge in [-0.25, -0.2) is 0 Å². The van der Waals surface area contributed by atoms with E-state index >= 15 is 0 Å². The normalized spacial score (nSPS) is 27.8. The molecule has 2 rings (SSSR count). The van der Waals surface area contributed by atoms with Gasteiger partial charge in [0.25, 0.3) is 0 Å². The maximum Gasteiger partial charge on any atom is 0.226 e. The van der Waals surface area contributed by atoms with Gasteiger partial charge in [0, 0.05) is 11.6 Å². The predicted octanol–water partition coefficient (Wildman–Crippen LogP) is -0.605. The van der Waals surface area contributed by atoms with Crippen molar-refractivity contribution in [2.75, 3.05) is 19.8 Å². The Bertz CT molecular complexity index is 525. The van der Waals surface area contributed by atoms with Gasteiger partial charge in [-0.3, -0.25) is 4.79 Å². The van der Waals surface area contributed by atoms with Crippen molar-refractivity contribution in [2.45, 2.75) is 30.8 Å². The number of piperidine rings is 1. The van der Waals surface area contributed by atoms with Crippen LogP contribution in [0, 0.1) is 0 Å². The summed E-state index contributed by atoms with van der Waals surface area (Å²) >= 11 is 5.76. The van der Waals surface area contributed by atoms with E-state index in [1.54, 1.807) is 24.3 Å². The topological polar surface area (TPSA) is 110 Å². The van der Waals surface area contributed by atoms with Gasteiger partial charge in [-0.1, -0.05) is 11.6 Å². The quantitative estimate of drug-likeness (QED) is 0.567. The van der Waals surface area contributed by atoms with Gasteiger partial charge in [0.1, 0.15) is 24.1 Å². The Morgan fingerprint density at radius 3 is 2.48 bits per heavy atom. The van der Waals surface area contributed by atoms with Gasteiger partial charge in [-0.05, 0) is 24.3 Å². The van der Waals surface area contributed by atoms with Gasteiger partial charge in [0.2, 0.25) is 5.91 Å². The number of aliphatic hydroxyl groups excluding tert-OH is 4. The summed E-state index contributed by atoms with van der Waals surface area (Å²) in [6.45, 7) is -0.554. The Morgan fingerprint density at radius 1 is 1.22 bits per heavy atom. The van der Waals surface area contributed by atoms with Crippen molar-refractivity contribution in [1.82, 2.24) is 4.90 Å². The average molecular weight is 346 g/mol. The van der Waals surface area contributed by atoms with Crippen LogP contribution in [0.4, 0.5) is 0 Å². The molecule has 4 atom stereocenters. The maximum atomic E-state index is 12.2. The summed E-state index contributed by atoms with van der Waals surface area (Å²) in [5.74, 6) is 0.179. The molecule has 1 unspecified atom stereocenters. The minimum atomic E-state index is -1.40. The number of carbonyl (C=O) groups excluding carboxylic acids is 1. The summed E-state index contributed by atoms with van der Waals surface area (Å²) in [5, 5.41) is 39.0. The molecule has 0 bridgehead atoms. The number of carbonyl (C=O) groups is 1. The molecule has 128 valence electrons. The van der Waals surface area contributed by atoms with Gasteiger partial charge < -0.3 is 30.1 Å². The molecule has 0 aliphatic carbocycles. The highest BCUT2D eigenvalue weighted by atomic mass is 35.5. The Morgan fingerprint density at radius 2 is 1.87 bits per heavy atom. The van der Waals surface area contributed by atoms with Crippen LogP contribution in [0.25, 0.3) is 0 Å². The second kappa shape index (κ2) is 7.94. The van der Waals surface area contributed by atoms with Crippen LogP contribution in [0.2, 0.25) is 5.02 Å². The lowest BCUT2D eigenvalue weighted by Gasteiger charge is -2.43. The molecule has 1 aromatic rings. The van der Waals surface area contributed by atoms with Crippen LogP contribution in [0.5, 0.6) is 5.75 Å².